The molecule has 2 fully saturated rings. The van der Waals surface area contributed by atoms with E-state index in [1.165, 1.54) is 0 Å². The average molecular weight is 538 g/mol. The molecule has 1 atom stereocenters. The number of carbonyl (C=O) groups excluding carboxylic acids is 3. The van der Waals surface area contributed by atoms with Gasteiger partial charge in [-0.15, -0.1) is 0 Å². The van der Waals surface area contributed by atoms with E-state index in [-0.39, 0.29) is 23.6 Å². The number of carbonyl (C=O) groups is 3. The minimum absolute atomic E-state index is 0.0166. The number of rotatable bonds is 8. The lowest BCUT2D eigenvalue weighted by Gasteiger charge is -2.32. The molecule has 2 aliphatic heterocycles. The zero-order chi connectivity index (χ0) is 27.6. The Morgan fingerprint density at radius 3 is 2.69 bits per heavy atom. The summed E-state index contributed by atoms with van der Waals surface area (Å²) < 4.78 is 7.15. The van der Waals surface area contributed by atoms with Gasteiger partial charge in [0.05, 0.1) is 17.6 Å². The zero-order valence-corrected chi connectivity index (χ0v) is 23.0. The van der Waals surface area contributed by atoms with Gasteiger partial charge in [-0.2, -0.15) is 5.10 Å². The molecule has 0 aromatic carbocycles. The highest BCUT2D eigenvalue weighted by Crippen LogP contribution is 2.44. The van der Waals surface area contributed by atoms with Crippen LogP contribution >= 0.6 is 0 Å². The van der Waals surface area contributed by atoms with E-state index in [2.05, 4.69) is 33.0 Å². The van der Waals surface area contributed by atoms with Gasteiger partial charge in [-0.1, -0.05) is 19.8 Å². The Morgan fingerprint density at radius 2 is 1.97 bits per heavy atom. The maximum Gasteiger partial charge on any atom is 0.270 e. The number of aromatic nitrogens is 3. The van der Waals surface area contributed by atoms with Crippen LogP contribution in [0.2, 0.25) is 0 Å². The maximum absolute atomic E-state index is 13.7. The van der Waals surface area contributed by atoms with Crippen molar-refractivity contribution in [2.24, 2.45) is 11.8 Å². The second kappa shape index (κ2) is 11.4. The fourth-order valence-corrected chi connectivity index (χ4v) is 6.02. The van der Waals surface area contributed by atoms with Crippen molar-refractivity contribution in [1.29, 1.82) is 0 Å². The summed E-state index contributed by atoms with van der Waals surface area (Å²) >= 11 is 0. The molecule has 1 saturated heterocycles. The van der Waals surface area contributed by atoms with E-state index in [0.29, 0.717) is 55.7 Å². The summed E-state index contributed by atoms with van der Waals surface area (Å²) in [6.45, 7) is 4.59. The van der Waals surface area contributed by atoms with Gasteiger partial charge < -0.3 is 25.6 Å². The molecule has 4 heterocycles. The molecule has 39 heavy (non-hydrogen) atoms. The van der Waals surface area contributed by atoms with E-state index in [9.17, 15) is 14.4 Å². The number of nitrogens with zero attached hydrogens (tertiary/aromatic N) is 4. The Hall–Kier alpha value is -3.31. The molecule has 3 amide bonds. The molecule has 2 aromatic rings. The van der Waals surface area contributed by atoms with Crippen molar-refractivity contribution in [2.45, 2.75) is 63.5 Å². The summed E-state index contributed by atoms with van der Waals surface area (Å²) in [4.78, 5) is 46.4. The molecule has 3 aliphatic rings. The number of hydrogen-bond acceptors (Lipinski definition) is 7. The van der Waals surface area contributed by atoms with E-state index >= 15 is 0 Å². The third-order valence-electron chi connectivity index (χ3n) is 8.51. The van der Waals surface area contributed by atoms with Gasteiger partial charge in [0.25, 0.3) is 5.91 Å². The predicted octanol–water partition coefficient (Wildman–Crippen LogP) is 2.40. The quantitative estimate of drug-likeness (QED) is 0.471. The number of ether oxygens (including phenoxy) is 1. The first-order valence-corrected chi connectivity index (χ1v) is 13.9. The molecule has 5 rings (SSSR count). The SMILES string of the molecule is CC1CCC(C(NC(=O)c2ccnn2CCN(C)C)C(=O)Nc2cc3c(cn2)C2(CCOCC2)C(=O)N3)CC1. The van der Waals surface area contributed by atoms with Crippen molar-refractivity contribution in [2.75, 3.05) is 44.5 Å². The number of pyridine rings is 1. The summed E-state index contributed by atoms with van der Waals surface area (Å²) in [6.07, 6.45) is 8.26. The fraction of sp³-hybridized carbons (Fsp3) is 0.607. The maximum atomic E-state index is 13.7. The third kappa shape index (κ3) is 5.69. The summed E-state index contributed by atoms with van der Waals surface area (Å²) in [5.41, 5.74) is 1.34. The molecule has 1 spiro atoms. The first kappa shape index (κ1) is 27.3. The zero-order valence-electron chi connectivity index (χ0n) is 23.0. The number of anilines is 2. The second-order valence-electron chi connectivity index (χ2n) is 11.5. The van der Waals surface area contributed by atoms with Gasteiger partial charge in [0, 0.05) is 43.8 Å². The second-order valence-corrected chi connectivity index (χ2v) is 11.5. The van der Waals surface area contributed by atoms with Crippen molar-refractivity contribution in [3.63, 3.8) is 0 Å². The van der Waals surface area contributed by atoms with Gasteiger partial charge in [0.1, 0.15) is 17.6 Å². The molecule has 1 saturated carbocycles. The molecule has 0 radical (unpaired) electrons. The molecule has 11 heteroatoms. The van der Waals surface area contributed by atoms with E-state index in [1.54, 1.807) is 29.2 Å². The largest absolute Gasteiger partial charge is 0.381 e. The van der Waals surface area contributed by atoms with Crippen LogP contribution < -0.4 is 16.0 Å². The normalized spacial score (nSPS) is 22.8. The van der Waals surface area contributed by atoms with Crippen LogP contribution in [0.25, 0.3) is 0 Å². The summed E-state index contributed by atoms with van der Waals surface area (Å²) in [5.74, 6) is 0.303. The standard InChI is InChI=1S/C28H39N7O4/c1-18-4-6-19(7-5-18)24(33-25(36)22-8-11-30-35(22)13-12-34(2)3)26(37)32-23-16-21-20(17-29-23)28(27(38)31-21)9-14-39-15-10-28/h8,11,16-19,24H,4-7,9-10,12-15H2,1-3H3,(H,31,38)(H,33,36)(H,29,32,37). The minimum Gasteiger partial charge on any atom is -0.381 e. The number of amides is 3. The molecule has 3 N–H and O–H groups in total. The highest BCUT2D eigenvalue weighted by atomic mass is 16.5. The van der Waals surface area contributed by atoms with Crippen LogP contribution in [0.5, 0.6) is 0 Å². The first-order chi connectivity index (χ1) is 18.8. The topological polar surface area (TPSA) is 130 Å². The lowest BCUT2D eigenvalue weighted by Crippen LogP contribution is -2.49. The molecule has 0 bridgehead atoms. The molecular weight excluding hydrogens is 498 g/mol. The Labute approximate surface area is 229 Å². The van der Waals surface area contributed by atoms with Gasteiger partial charge in [-0.05, 0) is 57.7 Å². The predicted molar refractivity (Wildman–Crippen MR) is 146 cm³/mol. The highest BCUT2D eigenvalue weighted by Gasteiger charge is 2.48. The molecule has 210 valence electrons. The Bertz CT molecular complexity index is 1210. The molecule has 1 aliphatic carbocycles. The van der Waals surface area contributed by atoms with E-state index in [4.69, 9.17) is 4.74 Å². The van der Waals surface area contributed by atoms with Crippen LogP contribution in [0.1, 0.15) is 61.5 Å². The number of fused-ring (bicyclic) bond motifs is 2. The minimum atomic E-state index is -0.714. The van der Waals surface area contributed by atoms with Crippen LogP contribution in [0.4, 0.5) is 11.5 Å². The van der Waals surface area contributed by atoms with Crippen molar-refractivity contribution < 1.29 is 19.1 Å². The number of hydrogen-bond donors (Lipinski definition) is 3. The summed E-state index contributed by atoms with van der Waals surface area (Å²) in [7, 11) is 3.94. The molecule has 2 aromatic heterocycles. The van der Waals surface area contributed by atoms with E-state index in [1.807, 2.05) is 19.0 Å². The Kier molecular flexibility index (Phi) is 7.99. The highest BCUT2D eigenvalue weighted by molar-refractivity contribution is 6.07. The Balaban J connectivity index is 1.33. The van der Waals surface area contributed by atoms with Gasteiger partial charge >= 0.3 is 0 Å². The smallest absolute Gasteiger partial charge is 0.270 e. The molecule has 1 unspecified atom stereocenters. The summed E-state index contributed by atoms with van der Waals surface area (Å²) in [5, 5.41) is 13.2. The molecular formula is C28H39N7O4. The van der Waals surface area contributed by atoms with Gasteiger partial charge in [-0.25, -0.2) is 4.98 Å². The van der Waals surface area contributed by atoms with Crippen LogP contribution in [0.15, 0.2) is 24.5 Å². The van der Waals surface area contributed by atoms with Crippen molar-refractivity contribution in [3.05, 3.63) is 35.8 Å². The van der Waals surface area contributed by atoms with Crippen molar-refractivity contribution in [1.82, 2.24) is 25.0 Å². The van der Waals surface area contributed by atoms with Crippen LogP contribution in [0.3, 0.4) is 0 Å². The number of nitrogens with one attached hydrogen (secondary N) is 3. The molecule has 11 nitrogen and oxygen atoms in total. The monoisotopic (exact) mass is 537 g/mol. The number of likely N-dealkylation sites (N-methyl/N-ethyl adjacent to an activating group) is 1. The van der Waals surface area contributed by atoms with Gasteiger partial charge in [0.15, 0.2) is 0 Å². The lowest BCUT2D eigenvalue weighted by atomic mass is 9.76. The van der Waals surface area contributed by atoms with E-state index in [0.717, 1.165) is 37.8 Å². The van der Waals surface area contributed by atoms with Crippen LogP contribution in [0, 0.1) is 11.8 Å². The fourth-order valence-electron chi connectivity index (χ4n) is 6.02. The lowest BCUT2D eigenvalue weighted by molar-refractivity contribution is -0.124. The van der Waals surface area contributed by atoms with Gasteiger partial charge in [-0.3, -0.25) is 19.1 Å². The first-order valence-electron chi connectivity index (χ1n) is 13.9. The Morgan fingerprint density at radius 1 is 1.23 bits per heavy atom. The summed E-state index contributed by atoms with van der Waals surface area (Å²) in [6, 6.07) is 2.68. The van der Waals surface area contributed by atoms with Crippen molar-refractivity contribution in [3.8, 4) is 0 Å². The van der Waals surface area contributed by atoms with Crippen molar-refractivity contribution >= 4 is 29.2 Å². The van der Waals surface area contributed by atoms with Crippen LogP contribution in [-0.4, -0.2) is 77.3 Å². The van der Waals surface area contributed by atoms with Crippen LogP contribution in [-0.2, 0) is 26.3 Å². The van der Waals surface area contributed by atoms with Gasteiger partial charge in [0.2, 0.25) is 11.8 Å². The average Bonchev–Trinajstić information content (AvgIpc) is 3.49. The third-order valence-corrected chi connectivity index (χ3v) is 8.51. The van der Waals surface area contributed by atoms with E-state index < -0.39 is 11.5 Å².